The molecule has 1 aliphatic rings. The van der Waals surface area contributed by atoms with Crippen LogP contribution >= 0.6 is 12.2 Å². The molecular weight excluding hydrogens is 350 g/mol. The standard InChI is InChI=1S/C19H19N3O3S/c1-12-5-3-4-6-15(12)25-13(2)18-20-21-19(26)22(18)14-7-8-16-17(11-14)24-10-9-23-16/h3-8,11,13H,9-10H2,1-2H3,(H,21,26)/t13-/m0/s1. The van der Waals surface area contributed by atoms with E-state index in [-0.39, 0.29) is 6.10 Å². The van der Waals surface area contributed by atoms with Crippen LogP contribution in [0.1, 0.15) is 24.4 Å². The van der Waals surface area contributed by atoms with Crippen molar-refractivity contribution in [1.29, 1.82) is 0 Å². The monoisotopic (exact) mass is 369 g/mol. The van der Waals surface area contributed by atoms with Gasteiger partial charge in [0.1, 0.15) is 19.0 Å². The Bertz CT molecular complexity index is 996. The summed E-state index contributed by atoms with van der Waals surface area (Å²) >= 11 is 5.44. The van der Waals surface area contributed by atoms with Gasteiger partial charge in [0.2, 0.25) is 0 Å². The van der Waals surface area contributed by atoms with Crippen LogP contribution in [0.15, 0.2) is 42.5 Å². The van der Waals surface area contributed by atoms with Gasteiger partial charge in [0, 0.05) is 6.07 Å². The van der Waals surface area contributed by atoms with Crippen LogP contribution < -0.4 is 14.2 Å². The first-order valence-electron chi connectivity index (χ1n) is 8.43. The highest BCUT2D eigenvalue weighted by atomic mass is 32.1. The summed E-state index contributed by atoms with van der Waals surface area (Å²) in [6.45, 7) is 5.06. The lowest BCUT2D eigenvalue weighted by Crippen LogP contribution is -2.16. The first-order chi connectivity index (χ1) is 12.6. The van der Waals surface area contributed by atoms with Gasteiger partial charge >= 0.3 is 0 Å². The molecule has 6 nitrogen and oxygen atoms in total. The molecule has 4 rings (SSSR count). The third-order valence-electron chi connectivity index (χ3n) is 4.24. The van der Waals surface area contributed by atoms with Gasteiger partial charge in [0.15, 0.2) is 28.2 Å². The Morgan fingerprint density at radius 2 is 1.92 bits per heavy atom. The van der Waals surface area contributed by atoms with Gasteiger partial charge in [0.05, 0.1) is 5.69 Å². The molecule has 0 spiro atoms. The van der Waals surface area contributed by atoms with Crippen molar-refractivity contribution in [2.75, 3.05) is 13.2 Å². The van der Waals surface area contributed by atoms with Gasteiger partial charge < -0.3 is 14.2 Å². The number of para-hydroxylation sites is 1. The van der Waals surface area contributed by atoms with E-state index in [0.29, 0.717) is 29.6 Å². The number of aromatic amines is 1. The van der Waals surface area contributed by atoms with Crippen LogP contribution in [0.3, 0.4) is 0 Å². The summed E-state index contributed by atoms with van der Waals surface area (Å²) < 4.78 is 19.7. The van der Waals surface area contributed by atoms with Crippen molar-refractivity contribution in [2.45, 2.75) is 20.0 Å². The molecular formula is C19H19N3O3S. The molecule has 3 aromatic rings. The van der Waals surface area contributed by atoms with Gasteiger partial charge in [-0.25, -0.2) is 0 Å². The highest BCUT2D eigenvalue weighted by Gasteiger charge is 2.20. The van der Waals surface area contributed by atoms with E-state index < -0.39 is 0 Å². The molecule has 26 heavy (non-hydrogen) atoms. The van der Waals surface area contributed by atoms with Crippen molar-refractivity contribution in [3.63, 3.8) is 0 Å². The van der Waals surface area contributed by atoms with Gasteiger partial charge in [-0.2, -0.15) is 5.10 Å². The third-order valence-corrected chi connectivity index (χ3v) is 4.52. The molecule has 2 aromatic carbocycles. The van der Waals surface area contributed by atoms with E-state index in [2.05, 4.69) is 10.2 Å². The van der Waals surface area contributed by atoms with Crippen LogP contribution in [-0.2, 0) is 0 Å². The third kappa shape index (κ3) is 3.06. The van der Waals surface area contributed by atoms with Crippen LogP contribution in [0.2, 0.25) is 0 Å². The number of fused-ring (bicyclic) bond motifs is 1. The van der Waals surface area contributed by atoms with Crippen molar-refractivity contribution in [1.82, 2.24) is 14.8 Å². The number of rotatable bonds is 4. The summed E-state index contributed by atoms with van der Waals surface area (Å²) in [5, 5.41) is 7.24. The van der Waals surface area contributed by atoms with Gasteiger partial charge in [0.25, 0.3) is 0 Å². The molecule has 7 heteroatoms. The van der Waals surface area contributed by atoms with E-state index in [9.17, 15) is 0 Å². The number of benzene rings is 2. The van der Waals surface area contributed by atoms with E-state index in [0.717, 1.165) is 22.7 Å². The van der Waals surface area contributed by atoms with Crippen molar-refractivity contribution >= 4 is 12.2 Å². The Balaban J connectivity index is 1.69. The average Bonchev–Trinajstić information content (AvgIpc) is 3.05. The largest absolute Gasteiger partial charge is 0.486 e. The minimum absolute atomic E-state index is 0.294. The Hall–Kier alpha value is -2.80. The fraction of sp³-hybridized carbons (Fsp3) is 0.263. The normalized spacial score (nSPS) is 14.1. The number of H-pyrrole nitrogens is 1. The number of nitrogens with zero attached hydrogens (tertiary/aromatic N) is 2. The van der Waals surface area contributed by atoms with E-state index in [1.165, 1.54) is 0 Å². The number of aromatic nitrogens is 3. The minimum atomic E-state index is -0.294. The van der Waals surface area contributed by atoms with Crippen LogP contribution in [0.4, 0.5) is 0 Å². The second-order valence-corrected chi connectivity index (χ2v) is 6.46. The maximum atomic E-state index is 6.11. The molecule has 0 radical (unpaired) electrons. The molecule has 1 aliphatic heterocycles. The smallest absolute Gasteiger partial charge is 0.199 e. The summed E-state index contributed by atoms with van der Waals surface area (Å²) in [6.07, 6.45) is -0.294. The molecule has 0 fully saturated rings. The summed E-state index contributed by atoms with van der Waals surface area (Å²) in [6, 6.07) is 13.6. The number of ether oxygens (including phenoxy) is 3. The molecule has 2 heterocycles. The Kier molecular flexibility index (Phi) is 4.38. The van der Waals surface area contributed by atoms with Crippen LogP contribution in [0.25, 0.3) is 5.69 Å². The van der Waals surface area contributed by atoms with E-state index in [1.807, 2.05) is 60.9 Å². The van der Waals surface area contributed by atoms with Gasteiger partial charge in [-0.1, -0.05) is 18.2 Å². The summed E-state index contributed by atoms with van der Waals surface area (Å²) in [5.41, 5.74) is 1.92. The zero-order valence-electron chi connectivity index (χ0n) is 14.6. The molecule has 1 aromatic heterocycles. The number of hydrogen-bond donors (Lipinski definition) is 1. The summed E-state index contributed by atoms with van der Waals surface area (Å²) in [7, 11) is 0. The molecule has 1 N–H and O–H groups in total. The molecule has 1 atom stereocenters. The maximum absolute atomic E-state index is 6.11. The number of nitrogens with one attached hydrogen (secondary N) is 1. The van der Waals surface area contributed by atoms with Crippen molar-refractivity contribution in [2.24, 2.45) is 0 Å². The number of hydrogen-bond acceptors (Lipinski definition) is 5. The van der Waals surface area contributed by atoms with Gasteiger partial charge in [-0.05, 0) is 49.8 Å². The molecule has 0 unspecified atom stereocenters. The van der Waals surface area contributed by atoms with Crippen molar-refractivity contribution in [3.05, 3.63) is 58.6 Å². The first kappa shape index (κ1) is 16.7. The second-order valence-electron chi connectivity index (χ2n) is 6.08. The van der Waals surface area contributed by atoms with E-state index >= 15 is 0 Å². The predicted octanol–water partition coefficient (Wildman–Crippen LogP) is 4.15. The SMILES string of the molecule is Cc1ccccc1O[C@@H](C)c1n[nH]c(=S)n1-c1ccc2c(c1)OCCO2. The van der Waals surface area contributed by atoms with Gasteiger partial charge in [-0.15, -0.1) is 0 Å². The van der Waals surface area contributed by atoms with Crippen LogP contribution in [0.5, 0.6) is 17.2 Å². The topological polar surface area (TPSA) is 61.3 Å². The summed E-state index contributed by atoms with van der Waals surface area (Å²) in [4.78, 5) is 0. The van der Waals surface area contributed by atoms with Crippen LogP contribution in [-0.4, -0.2) is 28.0 Å². The highest BCUT2D eigenvalue weighted by molar-refractivity contribution is 7.71. The predicted molar refractivity (Wildman–Crippen MR) is 100.0 cm³/mol. The molecule has 0 saturated carbocycles. The fourth-order valence-electron chi connectivity index (χ4n) is 2.93. The maximum Gasteiger partial charge on any atom is 0.199 e. The van der Waals surface area contributed by atoms with E-state index in [4.69, 9.17) is 26.4 Å². The zero-order chi connectivity index (χ0) is 18.1. The van der Waals surface area contributed by atoms with Crippen LogP contribution in [0, 0.1) is 11.7 Å². The van der Waals surface area contributed by atoms with Crippen molar-refractivity contribution in [3.8, 4) is 22.9 Å². The lowest BCUT2D eigenvalue weighted by atomic mass is 10.2. The minimum Gasteiger partial charge on any atom is -0.486 e. The Morgan fingerprint density at radius 1 is 1.15 bits per heavy atom. The quantitative estimate of drug-likeness (QED) is 0.700. The lowest BCUT2D eigenvalue weighted by molar-refractivity contribution is 0.171. The molecule has 0 bridgehead atoms. The van der Waals surface area contributed by atoms with E-state index in [1.54, 1.807) is 0 Å². The second kappa shape index (κ2) is 6.84. The zero-order valence-corrected chi connectivity index (χ0v) is 15.4. The summed E-state index contributed by atoms with van der Waals surface area (Å²) in [5.74, 6) is 2.95. The average molecular weight is 369 g/mol. The Labute approximate surface area is 156 Å². The molecule has 0 aliphatic carbocycles. The van der Waals surface area contributed by atoms with Gasteiger partial charge in [-0.3, -0.25) is 9.67 Å². The fourth-order valence-corrected chi connectivity index (χ4v) is 3.18. The molecule has 0 amide bonds. The lowest BCUT2D eigenvalue weighted by Gasteiger charge is -2.20. The number of aryl methyl sites for hydroxylation is 1. The van der Waals surface area contributed by atoms with Crippen molar-refractivity contribution < 1.29 is 14.2 Å². The first-order valence-corrected chi connectivity index (χ1v) is 8.84. The highest BCUT2D eigenvalue weighted by Crippen LogP contribution is 2.33. The molecule has 134 valence electrons. The molecule has 0 saturated heterocycles. The Morgan fingerprint density at radius 3 is 2.73 bits per heavy atom.